The molecule has 1 rings (SSSR count). The Balaban J connectivity index is 2.63. The van der Waals surface area contributed by atoms with E-state index in [4.69, 9.17) is 21.1 Å². The van der Waals surface area contributed by atoms with E-state index >= 15 is 0 Å². The van der Waals surface area contributed by atoms with Gasteiger partial charge in [-0.3, -0.25) is 0 Å². The van der Waals surface area contributed by atoms with Crippen LogP contribution in [0.1, 0.15) is 19.4 Å². The molecule has 0 atom stereocenters. The van der Waals surface area contributed by atoms with Crippen LogP contribution in [0.4, 0.5) is 0 Å². The molecule has 0 bridgehead atoms. The molecule has 0 heterocycles. The summed E-state index contributed by atoms with van der Waals surface area (Å²) in [5, 5.41) is 3.94. The number of nitrogens with one attached hydrogen (secondary N) is 1. The van der Waals surface area contributed by atoms with Crippen LogP contribution < -0.4 is 10.1 Å². The van der Waals surface area contributed by atoms with Crippen molar-refractivity contribution in [2.24, 2.45) is 0 Å². The van der Waals surface area contributed by atoms with Crippen LogP contribution in [0, 0.1) is 0 Å². The van der Waals surface area contributed by atoms with E-state index in [1.165, 1.54) is 5.57 Å². The summed E-state index contributed by atoms with van der Waals surface area (Å²) in [7, 11) is 1.69. The van der Waals surface area contributed by atoms with E-state index in [1.54, 1.807) is 7.11 Å². The van der Waals surface area contributed by atoms with Gasteiger partial charge in [0.25, 0.3) is 0 Å². The summed E-state index contributed by atoms with van der Waals surface area (Å²) in [5.41, 5.74) is 2.29. The molecule has 0 radical (unpaired) electrons. The maximum absolute atomic E-state index is 6.19. The monoisotopic (exact) mass is 283 g/mol. The fourth-order valence-corrected chi connectivity index (χ4v) is 1.79. The second-order valence-corrected chi connectivity index (χ2v) is 4.90. The summed E-state index contributed by atoms with van der Waals surface area (Å²) in [6, 6.07) is 5.80. The van der Waals surface area contributed by atoms with Crippen molar-refractivity contribution in [1.29, 1.82) is 0 Å². The summed E-state index contributed by atoms with van der Waals surface area (Å²) >= 11 is 6.19. The smallest absolute Gasteiger partial charge is 0.142 e. The number of hydrogen-bond acceptors (Lipinski definition) is 3. The van der Waals surface area contributed by atoms with Crippen molar-refractivity contribution >= 4 is 11.6 Å². The van der Waals surface area contributed by atoms with Gasteiger partial charge in [-0.05, 0) is 26.0 Å². The second-order valence-electron chi connectivity index (χ2n) is 4.49. The van der Waals surface area contributed by atoms with Gasteiger partial charge in [0.15, 0.2) is 0 Å². The van der Waals surface area contributed by atoms with E-state index in [1.807, 2.05) is 38.1 Å². The Morgan fingerprint density at radius 1 is 1.37 bits per heavy atom. The van der Waals surface area contributed by atoms with Gasteiger partial charge < -0.3 is 14.8 Å². The first-order valence-corrected chi connectivity index (χ1v) is 6.76. The number of allylic oxidation sites excluding steroid dienone is 1. The maximum atomic E-state index is 6.19. The van der Waals surface area contributed by atoms with Crippen molar-refractivity contribution in [2.45, 2.75) is 20.4 Å². The summed E-state index contributed by atoms with van der Waals surface area (Å²) < 4.78 is 10.8. The van der Waals surface area contributed by atoms with Gasteiger partial charge in [-0.15, -0.1) is 0 Å². The molecule has 0 saturated heterocycles. The highest BCUT2D eigenvalue weighted by Crippen LogP contribution is 2.28. The Hall–Kier alpha value is -1.03. The van der Waals surface area contributed by atoms with Crippen molar-refractivity contribution in [2.75, 3.05) is 26.9 Å². The maximum Gasteiger partial charge on any atom is 0.142 e. The fraction of sp³-hybridized carbons (Fsp3) is 0.467. The SMILES string of the molecule is COCCNCc1cccc(Cl)c1OCC=C(C)C. The Bertz CT molecular complexity index is 415. The Morgan fingerprint density at radius 2 is 2.16 bits per heavy atom. The van der Waals surface area contributed by atoms with Crippen LogP contribution in [-0.2, 0) is 11.3 Å². The van der Waals surface area contributed by atoms with Crippen LogP contribution >= 0.6 is 11.6 Å². The molecule has 4 heteroatoms. The minimum absolute atomic E-state index is 0.539. The third kappa shape index (κ3) is 6.10. The predicted octanol–water partition coefficient (Wildman–Crippen LogP) is 3.42. The number of benzene rings is 1. The summed E-state index contributed by atoms with van der Waals surface area (Å²) in [6.45, 7) is 6.84. The van der Waals surface area contributed by atoms with Crippen LogP contribution in [0.15, 0.2) is 29.8 Å². The van der Waals surface area contributed by atoms with Gasteiger partial charge in [0, 0.05) is 25.8 Å². The lowest BCUT2D eigenvalue weighted by molar-refractivity contribution is 0.199. The normalized spacial score (nSPS) is 10.3. The molecule has 0 saturated carbocycles. The second kappa shape index (κ2) is 8.97. The van der Waals surface area contributed by atoms with Gasteiger partial charge in [-0.1, -0.05) is 29.3 Å². The van der Waals surface area contributed by atoms with Gasteiger partial charge in [0.05, 0.1) is 11.6 Å². The van der Waals surface area contributed by atoms with E-state index in [2.05, 4.69) is 5.32 Å². The van der Waals surface area contributed by atoms with E-state index in [-0.39, 0.29) is 0 Å². The van der Waals surface area contributed by atoms with Crippen LogP contribution in [0.3, 0.4) is 0 Å². The van der Waals surface area contributed by atoms with Gasteiger partial charge in [-0.25, -0.2) is 0 Å². The van der Waals surface area contributed by atoms with Gasteiger partial charge in [-0.2, -0.15) is 0 Å². The molecular weight excluding hydrogens is 262 g/mol. The highest BCUT2D eigenvalue weighted by molar-refractivity contribution is 6.32. The predicted molar refractivity (Wildman–Crippen MR) is 80.0 cm³/mol. The van der Waals surface area contributed by atoms with E-state index in [0.717, 1.165) is 17.9 Å². The molecule has 0 aliphatic heterocycles. The number of hydrogen-bond donors (Lipinski definition) is 1. The first-order chi connectivity index (χ1) is 9.15. The molecule has 0 aromatic heterocycles. The zero-order valence-electron chi connectivity index (χ0n) is 11.8. The largest absolute Gasteiger partial charge is 0.488 e. The van der Waals surface area contributed by atoms with Crippen molar-refractivity contribution in [1.82, 2.24) is 5.32 Å². The summed E-state index contributed by atoms with van der Waals surface area (Å²) in [5.74, 6) is 0.756. The van der Waals surface area contributed by atoms with Crippen LogP contribution in [-0.4, -0.2) is 26.9 Å². The zero-order valence-corrected chi connectivity index (χ0v) is 12.6. The Morgan fingerprint density at radius 3 is 2.84 bits per heavy atom. The quantitative estimate of drug-likeness (QED) is 0.586. The third-order valence-electron chi connectivity index (χ3n) is 2.57. The van der Waals surface area contributed by atoms with Gasteiger partial charge >= 0.3 is 0 Å². The standard InChI is InChI=1S/C15H22ClNO2/c1-12(2)7-9-19-15-13(5-4-6-14(15)16)11-17-8-10-18-3/h4-7,17H,8-11H2,1-3H3. The minimum atomic E-state index is 0.539. The molecule has 1 aromatic rings. The number of para-hydroxylation sites is 1. The number of ether oxygens (including phenoxy) is 2. The number of rotatable bonds is 8. The third-order valence-corrected chi connectivity index (χ3v) is 2.86. The van der Waals surface area contributed by atoms with Crippen molar-refractivity contribution < 1.29 is 9.47 Å². The first-order valence-electron chi connectivity index (χ1n) is 6.38. The van der Waals surface area contributed by atoms with Crippen LogP contribution in [0.5, 0.6) is 5.75 Å². The molecule has 1 N–H and O–H groups in total. The molecule has 1 aromatic carbocycles. The van der Waals surface area contributed by atoms with Crippen molar-refractivity contribution in [3.05, 3.63) is 40.4 Å². The van der Waals surface area contributed by atoms with Gasteiger partial charge in [0.1, 0.15) is 12.4 Å². The summed E-state index contributed by atoms with van der Waals surface area (Å²) in [4.78, 5) is 0. The molecule has 0 fully saturated rings. The average Bonchev–Trinajstić information content (AvgIpc) is 2.37. The molecule has 19 heavy (non-hydrogen) atoms. The van der Waals surface area contributed by atoms with Crippen LogP contribution in [0.2, 0.25) is 5.02 Å². The molecule has 3 nitrogen and oxygen atoms in total. The molecule has 0 aliphatic rings. The Kier molecular flexibility index (Phi) is 7.56. The van der Waals surface area contributed by atoms with Crippen LogP contribution in [0.25, 0.3) is 0 Å². The van der Waals surface area contributed by atoms with E-state index < -0.39 is 0 Å². The molecule has 0 spiro atoms. The summed E-state index contributed by atoms with van der Waals surface area (Å²) in [6.07, 6.45) is 2.03. The molecule has 106 valence electrons. The molecule has 0 unspecified atom stereocenters. The van der Waals surface area contributed by atoms with Crippen molar-refractivity contribution in [3.8, 4) is 5.75 Å². The van der Waals surface area contributed by atoms with Crippen molar-refractivity contribution in [3.63, 3.8) is 0 Å². The first kappa shape index (κ1) is 16.0. The lowest BCUT2D eigenvalue weighted by Crippen LogP contribution is -2.19. The zero-order chi connectivity index (χ0) is 14.1. The fourth-order valence-electron chi connectivity index (χ4n) is 1.54. The molecular formula is C15H22ClNO2. The average molecular weight is 284 g/mol. The lowest BCUT2D eigenvalue weighted by atomic mass is 10.2. The lowest BCUT2D eigenvalue weighted by Gasteiger charge is -2.13. The van der Waals surface area contributed by atoms with Gasteiger partial charge in [0.2, 0.25) is 0 Å². The molecule has 0 aliphatic carbocycles. The van der Waals surface area contributed by atoms with E-state index in [9.17, 15) is 0 Å². The topological polar surface area (TPSA) is 30.5 Å². The van der Waals surface area contributed by atoms with E-state index in [0.29, 0.717) is 24.8 Å². The highest BCUT2D eigenvalue weighted by atomic mass is 35.5. The highest BCUT2D eigenvalue weighted by Gasteiger charge is 2.07. The number of halogens is 1. The Labute approximate surface area is 120 Å². The molecule has 0 amide bonds. The minimum Gasteiger partial charge on any atom is -0.488 e. The number of methoxy groups -OCH3 is 1.